The van der Waals surface area contributed by atoms with Crippen LogP contribution in [0.2, 0.25) is 0 Å². The predicted molar refractivity (Wildman–Crippen MR) is 278 cm³/mol. The van der Waals surface area contributed by atoms with Crippen molar-refractivity contribution < 1.29 is 48.1 Å². The molecule has 2 aromatic rings. The summed E-state index contributed by atoms with van der Waals surface area (Å²) < 4.78 is 11.8. The molecule has 0 radical (unpaired) electrons. The third kappa shape index (κ3) is 18.5. The van der Waals surface area contributed by atoms with Crippen LogP contribution in [0.1, 0.15) is 68.9 Å². The topological polar surface area (TPSA) is 346 Å². The second-order valence-corrected chi connectivity index (χ2v) is 18.9. The summed E-state index contributed by atoms with van der Waals surface area (Å²) in [6.07, 6.45) is 5.31. The van der Waals surface area contributed by atoms with Crippen LogP contribution < -0.4 is 38.9 Å². The van der Waals surface area contributed by atoms with Gasteiger partial charge in [-0.05, 0) is 93.2 Å². The van der Waals surface area contributed by atoms with Crippen molar-refractivity contribution in [2.45, 2.75) is 83.1 Å². The lowest BCUT2D eigenvalue weighted by atomic mass is 9.96. The molecular formula is C49H74N16O10. The number of carbonyl (C=O) groups excluding carboxylic acids is 6. The molecule has 4 aliphatic heterocycles. The van der Waals surface area contributed by atoms with Gasteiger partial charge in [0.1, 0.15) is 12.2 Å². The molecule has 5 fully saturated rings. The normalized spacial score (nSPS) is 19.1. The first kappa shape index (κ1) is 56.4. The van der Waals surface area contributed by atoms with Gasteiger partial charge in [-0.3, -0.25) is 4.79 Å². The second kappa shape index (κ2) is 28.5. The molecule has 1 aliphatic carbocycles. The van der Waals surface area contributed by atoms with Gasteiger partial charge in [-0.15, -0.1) is 0 Å². The zero-order valence-corrected chi connectivity index (χ0v) is 42.6. The number of ether oxygens (including phenoxy) is 2. The fourth-order valence-corrected chi connectivity index (χ4v) is 9.16. The van der Waals surface area contributed by atoms with E-state index < -0.39 is 6.09 Å². The van der Waals surface area contributed by atoms with E-state index in [0.717, 1.165) is 56.3 Å². The number of piperazine rings is 3. The van der Waals surface area contributed by atoms with Gasteiger partial charge in [-0.2, -0.15) is 0 Å². The Bertz CT molecular complexity index is 2150. The number of carboxylic acid groups (broad SMARTS) is 1. The van der Waals surface area contributed by atoms with Crippen molar-refractivity contribution >= 4 is 65.6 Å². The van der Waals surface area contributed by atoms with Gasteiger partial charge in [-0.1, -0.05) is 24.3 Å². The molecule has 4 heterocycles. The average Bonchev–Trinajstić information content (AvgIpc) is 3.41. The van der Waals surface area contributed by atoms with Crippen LogP contribution in [-0.4, -0.2) is 204 Å². The molecule has 410 valence electrons. The zero-order valence-electron chi connectivity index (χ0n) is 42.6. The molecule has 75 heavy (non-hydrogen) atoms. The summed E-state index contributed by atoms with van der Waals surface area (Å²) in [5, 5.41) is 17.3. The molecule has 0 unspecified atom stereocenters. The van der Waals surface area contributed by atoms with Gasteiger partial charge in [0.2, 0.25) is 5.91 Å². The lowest BCUT2D eigenvalue weighted by Gasteiger charge is -2.36. The first-order valence-electron chi connectivity index (χ1n) is 25.7. The minimum atomic E-state index is -0.958. The number of nitrogens with two attached hydrogens (primary N) is 4. The number of rotatable bonds is 10. The third-order valence-electron chi connectivity index (χ3n) is 13.5. The minimum absolute atomic E-state index is 0.0195. The monoisotopic (exact) mass is 1050 g/mol. The third-order valence-corrected chi connectivity index (χ3v) is 13.5. The van der Waals surface area contributed by atoms with Crippen LogP contribution in [0.4, 0.5) is 40.1 Å². The first-order chi connectivity index (χ1) is 36.1. The molecule has 26 nitrogen and oxygen atoms in total. The minimum Gasteiger partial charge on any atom is -0.465 e. The largest absolute Gasteiger partial charge is 0.465 e. The molecule has 26 heteroatoms. The number of piperidine rings is 1. The fourth-order valence-electron chi connectivity index (χ4n) is 9.16. The van der Waals surface area contributed by atoms with Gasteiger partial charge >= 0.3 is 36.4 Å². The summed E-state index contributed by atoms with van der Waals surface area (Å²) in [7, 11) is 0. The summed E-state index contributed by atoms with van der Waals surface area (Å²) in [4.78, 5) is 105. The number of aliphatic imine (C=N–C) groups is 2. The number of carbonyl (C=O) groups is 7. The van der Waals surface area contributed by atoms with E-state index in [4.69, 9.17) is 37.5 Å². The maximum Gasteiger partial charge on any atom is 0.410 e. The van der Waals surface area contributed by atoms with Gasteiger partial charge in [0.15, 0.2) is 11.9 Å². The summed E-state index contributed by atoms with van der Waals surface area (Å²) in [5.41, 5.74) is 24.7. The van der Waals surface area contributed by atoms with Crippen molar-refractivity contribution in [3.8, 4) is 0 Å². The molecular weight excluding hydrogens is 973 g/mol. The Kier molecular flexibility index (Phi) is 21.4. The highest BCUT2D eigenvalue weighted by molar-refractivity contribution is 5.84. The number of nitrogens with zero attached hydrogens (tertiary/aromatic N) is 9. The molecule has 0 atom stereocenters. The van der Waals surface area contributed by atoms with E-state index >= 15 is 0 Å². The molecule has 0 aromatic heterocycles. The van der Waals surface area contributed by atoms with Crippen LogP contribution >= 0.6 is 0 Å². The Balaban J connectivity index is 0.000000362. The van der Waals surface area contributed by atoms with Crippen molar-refractivity contribution in [1.29, 1.82) is 0 Å². The number of amides is 10. The molecule has 1 saturated carbocycles. The summed E-state index contributed by atoms with van der Waals surface area (Å²) in [5.74, 6) is -0.201. The van der Waals surface area contributed by atoms with Crippen molar-refractivity contribution in [3.05, 3.63) is 59.7 Å². The number of hydrogen-bond acceptors (Lipinski definition) is 11. The highest BCUT2D eigenvalue weighted by Gasteiger charge is 2.31. The number of urea groups is 3. The summed E-state index contributed by atoms with van der Waals surface area (Å²) in [6.45, 7) is 6.75. The highest BCUT2D eigenvalue weighted by Crippen LogP contribution is 2.24. The van der Waals surface area contributed by atoms with Crippen molar-refractivity contribution in [2.24, 2.45) is 32.9 Å². The number of benzene rings is 2. The lowest BCUT2D eigenvalue weighted by Crippen LogP contribution is -2.53. The van der Waals surface area contributed by atoms with Crippen LogP contribution in [0.15, 0.2) is 58.5 Å². The predicted octanol–water partition coefficient (Wildman–Crippen LogP) is 2.22. The molecule has 5 aliphatic rings. The van der Waals surface area contributed by atoms with E-state index in [-0.39, 0.29) is 66.9 Å². The van der Waals surface area contributed by atoms with Gasteiger partial charge in [0.25, 0.3) is 0 Å². The Hall–Kier alpha value is -7.93. The Labute approximate surface area is 436 Å². The highest BCUT2D eigenvalue weighted by atomic mass is 16.6. The zero-order chi connectivity index (χ0) is 53.7. The molecule has 0 bridgehead atoms. The second-order valence-electron chi connectivity index (χ2n) is 18.9. The number of likely N-dealkylation sites (tertiary alicyclic amines) is 1. The fraction of sp³-hybridized carbons (Fsp3) is 0.571. The van der Waals surface area contributed by atoms with Crippen molar-refractivity contribution in [1.82, 2.24) is 50.2 Å². The first-order valence-corrected chi connectivity index (χ1v) is 25.7. The average molecular weight is 1050 g/mol. The SMILES string of the molecule is NC(N)=Nc1ccc(CNC(=O)N2CCN(C(=O)OC3CCCC(OC(=O)N4CCN(C(=O)NCc5ccc(N=C(N)N)cc5)CC4)CCC3)CC2)cc1.O=C(O)N1CCN(C(=O)CNC(=O)N2CCCCC2)CC1. The molecule has 4 saturated heterocycles. The van der Waals surface area contributed by atoms with Crippen LogP contribution in [0.3, 0.4) is 0 Å². The van der Waals surface area contributed by atoms with Crippen molar-refractivity contribution in [2.75, 3.05) is 98.2 Å². The summed E-state index contributed by atoms with van der Waals surface area (Å²) >= 11 is 0. The van der Waals surface area contributed by atoms with E-state index in [9.17, 15) is 33.6 Å². The number of nitrogens with one attached hydrogen (secondary N) is 3. The van der Waals surface area contributed by atoms with Crippen LogP contribution in [-0.2, 0) is 27.4 Å². The quantitative estimate of drug-likeness (QED) is 0.125. The molecule has 10 amide bonds. The van der Waals surface area contributed by atoms with Crippen molar-refractivity contribution in [3.63, 3.8) is 0 Å². The van der Waals surface area contributed by atoms with E-state index in [0.29, 0.717) is 129 Å². The lowest BCUT2D eigenvalue weighted by molar-refractivity contribution is -0.131. The molecule has 0 spiro atoms. The molecule has 2 aromatic carbocycles. The van der Waals surface area contributed by atoms with E-state index in [1.54, 1.807) is 53.7 Å². The van der Waals surface area contributed by atoms with Crippen LogP contribution in [0.5, 0.6) is 0 Å². The smallest absolute Gasteiger partial charge is 0.410 e. The number of hydrogen-bond donors (Lipinski definition) is 8. The maximum atomic E-state index is 13.0. The molecule has 7 rings (SSSR count). The Morgan fingerprint density at radius 2 is 0.800 bits per heavy atom. The van der Waals surface area contributed by atoms with Gasteiger partial charge < -0.3 is 87.8 Å². The van der Waals surface area contributed by atoms with E-state index in [1.807, 2.05) is 24.3 Å². The Morgan fingerprint density at radius 1 is 0.453 bits per heavy atom. The van der Waals surface area contributed by atoms with E-state index in [2.05, 4.69) is 25.9 Å². The van der Waals surface area contributed by atoms with Gasteiger partial charge in [0.05, 0.1) is 17.9 Å². The Morgan fingerprint density at radius 3 is 1.19 bits per heavy atom. The van der Waals surface area contributed by atoms with Crippen LogP contribution in [0, 0.1) is 0 Å². The van der Waals surface area contributed by atoms with E-state index in [1.165, 1.54) is 4.90 Å². The standard InChI is InChI=1S/C36H52N12O6.C13H22N4O4/c37-31(38)43-27-11-7-25(8-12-27)23-41-33(49)45-15-19-47(20-16-45)35(51)53-29-3-1-4-30(6-2-5-29)54-36(52)48-21-17-46(18-22-48)34(50)42-24-26-9-13-28(14-10-26)44-32(39)40;18-11(15-6-8-17(9-7-15)13(20)21)10-14-12(19)16-4-2-1-3-5-16/h7-14,29-30H,1-6,15-24H2,(H,41,49)(H,42,50)(H4,37,38,43)(H4,39,40,44);1-10H2,(H,14,19)(H,20,21). The van der Waals surface area contributed by atoms with Gasteiger partial charge in [0, 0.05) is 105 Å². The molecule has 12 N–H and O–H groups in total. The number of guanidine groups is 2. The maximum absolute atomic E-state index is 13.0. The van der Waals surface area contributed by atoms with Gasteiger partial charge in [-0.25, -0.2) is 38.8 Å². The van der Waals surface area contributed by atoms with Crippen LogP contribution in [0.25, 0.3) is 0 Å². The summed E-state index contributed by atoms with van der Waals surface area (Å²) in [6, 6.07) is 13.9.